The van der Waals surface area contributed by atoms with E-state index in [9.17, 15) is 14.9 Å². The molecule has 136 valence electrons. The number of hydrogen-bond acceptors (Lipinski definition) is 5. The molecule has 0 spiro atoms. The maximum Gasteiger partial charge on any atom is 0.269 e. The molecule has 1 amide bonds. The van der Waals surface area contributed by atoms with Gasteiger partial charge in [0.25, 0.3) is 11.6 Å². The molecule has 0 saturated heterocycles. The van der Waals surface area contributed by atoms with Gasteiger partial charge in [0.1, 0.15) is 6.04 Å². The molecule has 27 heavy (non-hydrogen) atoms. The molecule has 0 unspecified atom stereocenters. The Balaban J connectivity index is 1.57. The molecule has 0 bridgehead atoms. The first kappa shape index (κ1) is 18.1. The third kappa shape index (κ3) is 4.66. The first-order valence-electron chi connectivity index (χ1n) is 8.35. The summed E-state index contributed by atoms with van der Waals surface area (Å²) in [7, 11) is 0. The number of benzene rings is 3. The maximum absolute atomic E-state index is 12.2. The molecular weight excluding hydrogens is 344 g/mol. The standard InChI is InChI=1S/C20H18N4O3/c1-14(22-18-9-8-16-4-2-3-5-17(16)12-18)20(25)23-21-13-15-6-10-19(11-7-15)24(26)27/h2-14,22H,1H3,(H,23,25)/b21-13-/t14-/m0/s1. The number of amides is 1. The summed E-state index contributed by atoms with van der Waals surface area (Å²) >= 11 is 0. The molecular formula is C20H18N4O3. The van der Waals surface area contributed by atoms with E-state index in [1.54, 1.807) is 19.1 Å². The summed E-state index contributed by atoms with van der Waals surface area (Å²) in [4.78, 5) is 22.3. The summed E-state index contributed by atoms with van der Waals surface area (Å²) < 4.78 is 0. The van der Waals surface area contributed by atoms with Gasteiger partial charge in [-0.2, -0.15) is 5.10 Å². The Labute approximate surface area is 155 Å². The smallest absolute Gasteiger partial charge is 0.269 e. The molecule has 1 atom stereocenters. The number of carbonyl (C=O) groups is 1. The summed E-state index contributed by atoms with van der Waals surface area (Å²) in [6, 6.07) is 19.3. The molecule has 0 heterocycles. The number of anilines is 1. The van der Waals surface area contributed by atoms with Crippen LogP contribution in [0.15, 0.2) is 71.8 Å². The molecule has 0 aliphatic heterocycles. The Bertz CT molecular complexity index is 1000. The number of nitro benzene ring substituents is 1. The first-order chi connectivity index (χ1) is 13.0. The van der Waals surface area contributed by atoms with Crippen molar-refractivity contribution in [3.05, 3.63) is 82.4 Å². The fourth-order valence-corrected chi connectivity index (χ4v) is 2.54. The second kappa shape index (κ2) is 8.09. The predicted octanol–water partition coefficient (Wildman–Crippen LogP) is 3.70. The van der Waals surface area contributed by atoms with Crippen molar-refractivity contribution in [2.75, 3.05) is 5.32 Å². The molecule has 3 aromatic rings. The van der Waals surface area contributed by atoms with E-state index in [2.05, 4.69) is 15.8 Å². The minimum absolute atomic E-state index is 0.00407. The van der Waals surface area contributed by atoms with Crippen molar-refractivity contribution < 1.29 is 9.72 Å². The minimum Gasteiger partial charge on any atom is -0.374 e. The van der Waals surface area contributed by atoms with Gasteiger partial charge in [0, 0.05) is 17.8 Å². The SMILES string of the molecule is C[C@H](Nc1ccc2ccccc2c1)C(=O)N/N=C\c1ccc([N+](=O)[O-])cc1. The number of rotatable bonds is 6. The van der Waals surface area contributed by atoms with E-state index in [0.29, 0.717) is 5.56 Å². The molecule has 0 radical (unpaired) electrons. The Morgan fingerprint density at radius 2 is 1.78 bits per heavy atom. The van der Waals surface area contributed by atoms with Crippen LogP contribution in [0, 0.1) is 10.1 Å². The van der Waals surface area contributed by atoms with E-state index in [1.165, 1.54) is 18.3 Å². The van der Waals surface area contributed by atoms with Crippen LogP contribution >= 0.6 is 0 Å². The number of nitrogens with zero attached hydrogens (tertiary/aromatic N) is 2. The van der Waals surface area contributed by atoms with Gasteiger partial charge in [-0.3, -0.25) is 14.9 Å². The highest BCUT2D eigenvalue weighted by atomic mass is 16.6. The van der Waals surface area contributed by atoms with Gasteiger partial charge in [0.2, 0.25) is 0 Å². The van der Waals surface area contributed by atoms with Crippen molar-refractivity contribution in [3.63, 3.8) is 0 Å². The highest BCUT2D eigenvalue weighted by Gasteiger charge is 2.11. The van der Waals surface area contributed by atoms with Crippen LogP contribution in [0.1, 0.15) is 12.5 Å². The van der Waals surface area contributed by atoms with Gasteiger partial charge < -0.3 is 5.32 Å². The monoisotopic (exact) mass is 362 g/mol. The number of hydrogen-bond donors (Lipinski definition) is 2. The molecule has 3 aromatic carbocycles. The van der Waals surface area contributed by atoms with Gasteiger partial charge >= 0.3 is 0 Å². The molecule has 7 heteroatoms. The zero-order valence-electron chi connectivity index (χ0n) is 14.6. The lowest BCUT2D eigenvalue weighted by Gasteiger charge is -2.14. The van der Waals surface area contributed by atoms with Crippen molar-refractivity contribution in [2.45, 2.75) is 13.0 Å². The van der Waals surface area contributed by atoms with Crippen molar-refractivity contribution >= 4 is 34.3 Å². The fraction of sp³-hybridized carbons (Fsp3) is 0.100. The molecule has 2 N–H and O–H groups in total. The first-order valence-corrected chi connectivity index (χ1v) is 8.35. The normalized spacial score (nSPS) is 12.0. The molecule has 7 nitrogen and oxygen atoms in total. The largest absolute Gasteiger partial charge is 0.374 e. The third-order valence-electron chi connectivity index (χ3n) is 4.02. The predicted molar refractivity (Wildman–Crippen MR) is 106 cm³/mol. The van der Waals surface area contributed by atoms with Crippen molar-refractivity contribution in [1.29, 1.82) is 0 Å². The number of fused-ring (bicyclic) bond motifs is 1. The van der Waals surface area contributed by atoms with Gasteiger partial charge in [0.05, 0.1) is 11.1 Å². The van der Waals surface area contributed by atoms with Crippen molar-refractivity contribution in [2.24, 2.45) is 5.10 Å². The van der Waals surface area contributed by atoms with Crippen LogP contribution in [-0.4, -0.2) is 23.1 Å². The van der Waals surface area contributed by atoms with Crippen LogP contribution in [0.3, 0.4) is 0 Å². The topological polar surface area (TPSA) is 96.6 Å². The summed E-state index contributed by atoms with van der Waals surface area (Å²) in [5.74, 6) is -0.290. The van der Waals surface area contributed by atoms with Crippen LogP contribution < -0.4 is 10.7 Å². The summed E-state index contributed by atoms with van der Waals surface area (Å²) in [5.41, 5.74) is 3.96. The lowest BCUT2D eigenvalue weighted by atomic mass is 10.1. The minimum atomic E-state index is -0.486. The van der Waals surface area contributed by atoms with E-state index in [0.717, 1.165) is 16.5 Å². The average molecular weight is 362 g/mol. The van der Waals surface area contributed by atoms with Crippen LogP contribution in [0.4, 0.5) is 11.4 Å². The van der Waals surface area contributed by atoms with Crippen LogP contribution in [0.2, 0.25) is 0 Å². The number of nitrogens with one attached hydrogen (secondary N) is 2. The maximum atomic E-state index is 12.2. The van der Waals surface area contributed by atoms with Crippen LogP contribution in [0.25, 0.3) is 10.8 Å². The van der Waals surface area contributed by atoms with E-state index in [1.807, 2.05) is 42.5 Å². The molecule has 0 aromatic heterocycles. The van der Waals surface area contributed by atoms with Crippen LogP contribution in [-0.2, 0) is 4.79 Å². The lowest BCUT2D eigenvalue weighted by molar-refractivity contribution is -0.384. The molecule has 0 saturated carbocycles. The highest BCUT2D eigenvalue weighted by molar-refractivity contribution is 5.89. The van der Waals surface area contributed by atoms with Gasteiger partial charge in [0.15, 0.2) is 0 Å². The summed E-state index contributed by atoms with van der Waals surface area (Å²) in [5, 5.41) is 19.9. The van der Waals surface area contributed by atoms with E-state index in [4.69, 9.17) is 0 Å². The molecule has 0 fully saturated rings. The van der Waals surface area contributed by atoms with Gasteiger partial charge in [-0.25, -0.2) is 5.43 Å². The zero-order chi connectivity index (χ0) is 19.2. The molecule has 0 aliphatic carbocycles. The second-order valence-electron chi connectivity index (χ2n) is 6.01. The zero-order valence-corrected chi connectivity index (χ0v) is 14.6. The number of non-ortho nitro benzene ring substituents is 1. The second-order valence-corrected chi connectivity index (χ2v) is 6.01. The van der Waals surface area contributed by atoms with Gasteiger partial charge in [-0.05, 0) is 47.5 Å². The summed E-state index contributed by atoms with van der Waals surface area (Å²) in [6.07, 6.45) is 1.43. The van der Waals surface area contributed by atoms with E-state index < -0.39 is 11.0 Å². The number of nitro groups is 1. The van der Waals surface area contributed by atoms with Crippen LogP contribution in [0.5, 0.6) is 0 Å². The average Bonchev–Trinajstić information content (AvgIpc) is 2.68. The van der Waals surface area contributed by atoms with Crippen molar-refractivity contribution in [1.82, 2.24) is 5.43 Å². The van der Waals surface area contributed by atoms with Gasteiger partial charge in [-0.15, -0.1) is 0 Å². The van der Waals surface area contributed by atoms with Crippen molar-refractivity contribution in [3.8, 4) is 0 Å². The number of carbonyl (C=O) groups excluding carboxylic acids is 1. The molecule has 3 rings (SSSR count). The Morgan fingerprint density at radius 3 is 2.48 bits per heavy atom. The lowest BCUT2D eigenvalue weighted by Crippen LogP contribution is -2.34. The Morgan fingerprint density at radius 1 is 1.07 bits per heavy atom. The van der Waals surface area contributed by atoms with E-state index in [-0.39, 0.29) is 11.6 Å². The highest BCUT2D eigenvalue weighted by Crippen LogP contribution is 2.19. The molecule has 0 aliphatic rings. The fourth-order valence-electron chi connectivity index (χ4n) is 2.54. The third-order valence-corrected chi connectivity index (χ3v) is 4.02. The Kier molecular flexibility index (Phi) is 5.41. The van der Waals surface area contributed by atoms with E-state index >= 15 is 0 Å². The Hall–Kier alpha value is -3.74. The van der Waals surface area contributed by atoms with Gasteiger partial charge in [-0.1, -0.05) is 30.3 Å². The summed E-state index contributed by atoms with van der Waals surface area (Å²) in [6.45, 7) is 1.74. The quantitative estimate of drug-likeness (QED) is 0.397. The number of hydrazone groups is 1.